The predicted molar refractivity (Wildman–Crippen MR) is 343 cm³/mol. The van der Waals surface area contributed by atoms with Gasteiger partial charge in [0.2, 0.25) is 0 Å². The monoisotopic (exact) mass is 1020 g/mol. The molecule has 2 heteroatoms. The molecule has 0 saturated heterocycles. The zero-order valence-electron chi connectivity index (χ0n) is 44.2. The molecule has 0 fully saturated rings. The average molecular weight is 1020 g/mol. The second-order valence-electron chi connectivity index (χ2n) is 20.1. The molecule has 2 nitrogen and oxygen atoms in total. The van der Waals surface area contributed by atoms with Crippen molar-refractivity contribution in [3.05, 3.63) is 338 Å². The molecule has 13 rings (SSSR count). The minimum Gasteiger partial charge on any atom is -0.309 e. The third-order valence-corrected chi connectivity index (χ3v) is 14.9. The van der Waals surface area contributed by atoms with Gasteiger partial charge in [0, 0.05) is 44.3 Å². The lowest BCUT2D eigenvalue weighted by molar-refractivity contribution is 1.29. The normalized spacial score (nSPS) is 11.4. The highest BCUT2D eigenvalue weighted by Crippen LogP contribution is 2.52. The maximum absolute atomic E-state index is 2.50. The summed E-state index contributed by atoms with van der Waals surface area (Å²) >= 11 is 0. The first kappa shape index (κ1) is 49.1. The highest BCUT2D eigenvalue weighted by molar-refractivity contribution is 6.23. The van der Waals surface area contributed by atoms with Crippen molar-refractivity contribution in [2.75, 3.05) is 9.80 Å². The van der Waals surface area contributed by atoms with Crippen LogP contribution in [0.25, 0.3) is 90.4 Å². The molecule has 0 unspecified atom stereocenters. The summed E-state index contributed by atoms with van der Waals surface area (Å²) in [7, 11) is 0. The van der Waals surface area contributed by atoms with E-state index in [4.69, 9.17) is 0 Å². The van der Waals surface area contributed by atoms with Gasteiger partial charge in [-0.3, -0.25) is 0 Å². The van der Waals surface area contributed by atoms with E-state index in [9.17, 15) is 0 Å². The van der Waals surface area contributed by atoms with Crippen LogP contribution in [0.4, 0.5) is 34.1 Å². The minimum atomic E-state index is 1.05. The number of rotatable bonds is 14. The Kier molecular flexibility index (Phi) is 13.8. The molecule has 0 aromatic heterocycles. The molecule has 0 saturated carbocycles. The van der Waals surface area contributed by atoms with E-state index in [0.29, 0.717) is 0 Å². The van der Waals surface area contributed by atoms with Crippen molar-refractivity contribution in [2.45, 2.75) is 0 Å². The van der Waals surface area contributed by atoms with Gasteiger partial charge in [-0.05, 0) is 127 Å². The first-order valence-corrected chi connectivity index (χ1v) is 27.4. The lowest BCUT2D eigenvalue weighted by atomic mass is 9.93. The second-order valence-corrected chi connectivity index (χ2v) is 20.1. The van der Waals surface area contributed by atoms with Gasteiger partial charge in [-0.2, -0.15) is 0 Å². The molecule has 80 heavy (non-hydrogen) atoms. The molecule has 0 aliphatic carbocycles. The molecule has 378 valence electrons. The SMILES string of the molecule is C(=C\c1ccc(N(c2cc(-c3ccccc3)cc(-c3ccccc3)c2)c2c3ccccc3c(N(c3ccc(/C=C/c4ccccc4)cc3)c3cc(-c4ccccc4)cc(-c4ccccc4)c3)c3ccccc23)cc1)/c1ccccc1. The van der Waals surface area contributed by atoms with Gasteiger partial charge in [0.25, 0.3) is 0 Å². The lowest BCUT2D eigenvalue weighted by Gasteiger charge is -2.33. The quantitative estimate of drug-likeness (QED) is 0.0608. The molecule has 0 N–H and O–H groups in total. The molecule has 0 atom stereocenters. The maximum Gasteiger partial charge on any atom is 0.0619 e. The lowest BCUT2D eigenvalue weighted by Crippen LogP contribution is -2.15. The van der Waals surface area contributed by atoms with Crippen LogP contribution in [0.2, 0.25) is 0 Å². The van der Waals surface area contributed by atoms with Gasteiger partial charge >= 0.3 is 0 Å². The van der Waals surface area contributed by atoms with Crippen molar-refractivity contribution in [1.82, 2.24) is 0 Å². The van der Waals surface area contributed by atoms with Gasteiger partial charge in [0.05, 0.1) is 11.4 Å². The van der Waals surface area contributed by atoms with Gasteiger partial charge in [-0.1, -0.05) is 279 Å². The van der Waals surface area contributed by atoms with Crippen molar-refractivity contribution in [2.24, 2.45) is 0 Å². The first-order chi connectivity index (χ1) is 39.7. The predicted octanol–water partition coefficient (Wildman–Crippen LogP) is 21.9. The van der Waals surface area contributed by atoms with Gasteiger partial charge < -0.3 is 9.80 Å². The van der Waals surface area contributed by atoms with Crippen LogP contribution in [0.1, 0.15) is 22.3 Å². The number of benzene rings is 13. The smallest absolute Gasteiger partial charge is 0.0619 e. The van der Waals surface area contributed by atoms with Crippen LogP contribution in [0.15, 0.2) is 315 Å². The highest BCUT2D eigenvalue weighted by Gasteiger charge is 2.27. The van der Waals surface area contributed by atoms with E-state index < -0.39 is 0 Å². The summed E-state index contributed by atoms with van der Waals surface area (Å²) in [6.07, 6.45) is 8.76. The van der Waals surface area contributed by atoms with Gasteiger partial charge in [-0.25, -0.2) is 0 Å². The fraction of sp³-hybridized carbons (Fsp3) is 0. The summed E-state index contributed by atoms with van der Waals surface area (Å²) in [6, 6.07) is 114. The van der Waals surface area contributed by atoms with Gasteiger partial charge in [0.1, 0.15) is 0 Å². The summed E-state index contributed by atoms with van der Waals surface area (Å²) in [5.41, 5.74) is 20.2. The summed E-state index contributed by atoms with van der Waals surface area (Å²) in [5.74, 6) is 0. The molecule has 0 amide bonds. The Hall–Kier alpha value is -10.5. The average Bonchev–Trinajstić information content (AvgIpc) is 3.69. The van der Waals surface area contributed by atoms with Crippen LogP contribution >= 0.6 is 0 Å². The Labute approximate surface area is 469 Å². The van der Waals surface area contributed by atoms with Crippen LogP contribution in [-0.4, -0.2) is 0 Å². The number of hydrogen-bond donors (Lipinski definition) is 0. The maximum atomic E-state index is 2.50. The van der Waals surface area contributed by atoms with Crippen LogP contribution in [0.5, 0.6) is 0 Å². The van der Waals surface area contributed by atoms with E-state index in [1.54, 1.807) is 0 Å². The molecule has 13 aromatic rings. The van der Waals surface area contributed by atoms with Crippen molar-refractivity contribution in [1.29, 1.82) is 0 Å². The zero-order chi connectivity index (χ0) is 53.5. The third-order valence-electron chi connectivity index (χ3n) is 14.9. The van der Waals surface area contributed by atoms with Crippen LogP contribution in [0.3, 0.4) is 0 Å². The van der Waals surface area contributed by atoms with Crippen molar-refractivity contribution in [3.8, 4) is 44.5 Å². The topological polar surface area (TPSA) is 6.48 Å². The Morgan fingerprint density at radius 2 is 0.400 bits per heavy atom. The Morgan fingerprint density at radius 1 is 0.175 bits per heavy atom. The Balaban J connectivity index is 1.07. The largest absolute Gasteiger partial charge is 0.309 e. The number of hydrogen-bond acceptors (Lipinski definition) is 2. The minimum absolute atomic E-state index is 1.05. The summed E-state index contributed by atoms with van der Waals surface area (Å²) in [6.45, 7) is 0. The summed E-state index contributed by atoms with van der Waals surface area (Å²) < 4.78 is 0. The first-order valence-electron chi connectivity index (χ1n) is 27.4. The summed E-state index contributed by atoms with van der Waals surface area (Å²) in [4.78, 5) is 5.00. The fourth-order valence-corrected chi connectivity index (χ4v) is 11.0. The molecule has 13 aromatic carbocycles. The van der Waals surface area contributed by atoms with E-state index in [0.717, 1.165) is 122 Å². The van der Waals surface area contributed by atoms with Crippen molar-refractivity contribution in [3.63, 3.8) is 0 Å². The van der Waals surface area contributed by atoms with Crippen LogP contribution in [0, 0.1) is 0 Å². The third kappa shape index (κ3) is 10.4. The molecular weight excluding hydrogens is 965 g/mol. The van der Waals surface area contributed by atoms with Crippen LogP contribution in [-0.2, 0) is 0 Å². The summed E-state index contributed by atoms with van der Waals surface area (Å²) in [5, 5.41) is 4.48. The molecule has 0 aliphatic rings. The van der Waals surface area contributed by atoms with E-state index >= 15 is 0 Å². The molecule has 0 aliphatic heterocycles. The Bertz CT molecular complexity index is 3830. The van der Waals surface area contributed by atoms with Crippen molar-refractivity contribution >= 4 is 80.0 Å². The van der Waals surface area contributed by atoms with E-state index in [1.807, 2.05) is 0 Å². The van der Waals surface area contributed by atoms with E-state index in [2.05, 4.69) is 350 Å². The number of fused-ring (bicyclic) bond motifs is 2. The molecule has 0 heterocycles. The molecule has 0 bridgehead atoms. The Morgan fingerprint density at radius 3 is 0.662 bits per heavy atom. The van der Waals surface area contributed by atoms with E-state index in [-0.39, 0.29) is 0 Å². The fourth-order valence-electron chi connectivity index (χ4n) is 11.0. The van der Waals surface area contributed by atoms with Crippen molar-refractivity contribution < 1.29 is 0 Å². The molecule has 0 radical (unpaired) electrons. The second kappa shape index (κ2) is 22.6. The number of nitrogens with zero attached hydrogens (tertiary/aromatic N) is 2. The standard InChI is InChI=1S/C78H56N2/c1-7-23-57(24-8-1)39-41-59-43-47-69(48-44-59)79(71-53-65(61-27-11-3-12-28-61)51-66(54-71)62-29-13-4-14-30-62)77-73-35-19-21-37-75(73)78(76-38-22-20-36-74(76)77)80(70-49-45-60(46-50-70)42-40-58-25-9-2-10-26-58)72-55-67(63-31-15-5-16-32-63)52-68(56-72)64-33-17-6-18-34-64/h1-56H/b41-39+,42-40+. The molecular formula is C78H56N2. The molecule has 0 spiro atoms. The van der Waals surface area contributed by atoms with E-state index in [1.165, 1.54) is 0 Å². The highest BCUT2D eigenvalue weighted by atomic mass is 15.2. The van der Waals surface area contributed by atoms with Gasteiger partial charge in [-0.15, -0.1) is 0 Å². The van der Waals surface area contributed by atoms with Gasteiger partial charge in [0.15, 0.2) is 0 Å². The van der Waals surface area contributed by atoms with Crippen LogP contribution < -0.4 is 9.80 Å². The zero-order valence-corrected chi connectivity index (χ0v) is 44.2. The number of anilines is 6.